The fourth-order valence-electron chi connectivity index (χ4n) is 2.39. The standard InChI is InChI=1S/C15H21N3O/c1-2-16-15(13-19,14-7-4-3-5-8-14)9-12-18-11-6-10-17-18/h3-8,10-11,16,19H,2,9,12-13H2,1H3. The monoisotopic (exact) mass is 259 g/mol. The molecule has 0 aliphatic heterocycles. The van der Waals surface area contributed by atoms with E-state index in [1.807, 2.05) is 35.1 Å². The summed E-state index contributed by atoms with van der Waals surface area (Å²) in [6.07, 6.45) is 4.51. The third-order valence-corrected chi connectivity index (χ3v) is 3.44. The molecule has 1 heterocycles. The Kier molecular flexibility index (Phi) is 4.71. The van der Waals surface area contributed by atoms with E-state index in [1.165, 1.54) is 0 Å². The molecule has 0 amide bonds. The molecule has 2 N–H and O–H groups in total. The lowest BCUT2D eigenvalue weighted by molar-refractivity contribution is 0.146. The third kappa shape index (κ3) is 3.22. The van der Waals surface area contributed by atoms with Gasteiger partial charge in [-0.2, -0.15) is 5.10 Å². The van der Waals surface area contributed by atoms with Crippen LogP contribution in [-0.2, 0) is 12.1 Å². The quantitative estimate of drug-likeness (QED) is 0.797. The Balaban J connectivity index is 2.18. The summed E-state index contributed by atoms with van der Waals surface area (Å²) in [4.78, 5) is 0. The SMILES string of the molecule is CCNC(CO)(CCn1cccn1)c1ccccc1. The number of benzene rings is 1. The molecule has 1 aromatic heterocycles. The smallest absolute Gasteiger partial charge is 0.0686 e. The molecule has 4 nitrogen and oxygen atoms in total. The topological polar surface area (TPSA) is 50.1 Å². The molecule has 0 aliphatic carbocycles. The van der Waals surface area contributed by atoms with Crippen molar-refractivity contribution in [1.82, 2.24) is 15.1 Å². The molecule has 1 aromatic carbocycles. The van der Waals surface area contributed by atoms with Gasteiger partial charge in [0.05, 0.1) is 12.1 Å². The maximum atomic E-state index is 9.90. The van der Waals surface area contributed by atoms with Gasteiger partial charge in [-0.25, -0.2) is 0 Å². The maximum absolute atomic E-state index is 9.90. The summed E-state index contributed by atoms with van der Waals surface area (Å²) in [7, 11) is 0. The van der Waals surface area contributed by atoms with Crippen LogP contribution in [0.15, 0.2) is 48.8 Å². The fraction of sp³-hybridized carbons (Fsp3) is 0.400. The Bertz CT molecular complexity index is 469. The Labute approximate surface area is 114 Å². The van der Waals surface area contributed by atoms with Crippen molar-refractivity contribution in [2.45, 2.75) is 25.4 Å². The van der Waals surface area contributed by atoms with Crippen molar-refractivity contribution >= 4 is 0 Å². The van der Waals surface area contributed by atoms with Crippen LogP contribution in [-0.4, -0.2) is 28.0 Å². The van der Waals surface area contributed by atoms with Crippen LogP contribution in [0.25, 0.3) is 0 Å². The molecule has 2 aromatic rings. The number of aliphatic hydroxyl groups excluding tert-OH is 1. The zero-order chi connectivity index (χ0) is 13.6. The second-order valence-corrected chi connectivity index (χ2v) is 4.66. The van der Waals surface area contributed by atoms with Crippen LogP contribution in [0.4, 0.5) is 0 Å². The van der Waals surface area contributed by atoms with Crippen molar-refractivity contribution in [2.75, 3.05) is 13.2 Å². The van der Waals surface area contributed by atoms with Crippen LogP contribution in [0.2, 0.25) is 0 Å². The van der Waals surface area contributed by atoms with Gasteiger partial charge >= 0.3 is 0 Å². The summed E-state index contributed by atoms with van der Waals surface area (Å²) in [5, 5.41) is 17.5. The number of hydrogen-bond acceptors (Lipinski definition) is 3. The average Bonchev–Trinajstić information content (AvgIpc) is 2.98. The zero-order valence-electron chi connectivity index (χ0n) is 11.3. The minimum atomic E-state index is -0.401. The predicted molar refractivity (Wildman–Crippen MR) is 75.7 cm³/mol. The number of nitrogens with one attached hydrogen (secondary N) is 1. The van der Waals surface area contributed by atoms with Crippen molar-refractivity contribution in [3.63, 3.8) is 0 Å². The van der Waals surface area contributed by atoms with Gasteiger partial charge in [0.25, 0.3) is 0 Å². The highest BCUT2D eigenvalue weighted by Crippen LogP contribution is 2.25. The second-order valence-electron chi connectivity index (χ2n) is 4.66. The molecule has 102 valence electrons. The largest absolute Gasteiger partial charge is 0.394 e. The molecule has 1 atom stereocenters. The van der Waals surface area contributed by atoms with Crippen LogP contribution in [0.1, 0.15) is 18.9 Å². The highest BCUT2D eigenvalue weighted by molar-refractivity contribution is 5.24. The first-order valence-corrected chi connectivity index (χ1v) is 6.69. The molecule has 0 fully saturated rings. The van der Waals surface area contributed by atoms with Crippen molar-refractivity contribution < 1.29 is 5.11 Å². The van der Waals surface area contributed by atoms with Gasteiger partial charge in [0.1, 0.15) is 0 Å². The van der Waals surface area contributed by atoms with E-state index in [0.29, 0.717) is 0 Å². The molecule has 0 saturated heterocycles. The number of hydrogen-bond donors (Lipinski definition) is 2. The summed E-state index contributed by atoms with van der Waals surface area (Å²) in [6, 6.07) is 12.0. The fourth-order valence-corrected chi connectivity index (χ4v) is 2.39. The van der Waals surface area contributed by atoms with Crippen LogP contribution < -0.4 is 5.32 Å². The lowest BCUT2D eigenvalue weighted by Crippen LogP contribution is -2.46. The molecule has 0 radical (unpaired) electrons. The highest BCUT2D eigenvalue weighted by Gasteiger charge is 2.30. The van der Waals surface area contributed by atoms with Gasteiger partial charge in [0.2, 0.25) is 0 Å². The Morgan fingerprint density at radius 2 is 2.05 bits per heavy atom. The first-order chi connectivity index (χ1) is 9.30. The van der Waals surface area contributed by atoms with Gasteiger partial charge in [0.15, 0.2) is 0 Å². The molecule has 0 bridgehead atoms. The summed E-state index contributed by atoms with van der Waals surface area (Å²) in [6.45, 7) is 3.72. The van der Waals surface area contributed by atoms with Gasteiger partial charge in [-0.3, -0.25) is 4.68 Å². The number of aryl methyl sites for hydroxylation is 1. The zero-order valence-corrected chi connectivity index (χ0v) is 11.3. The number of nitrogens with zero attached hydrogens (tertiary/aromatic N) is 2. The Morgan fingerprint density at radius 1 is 1.26 bits per heavy atom. The molecule has 2 rings (SSSR count). The van der Waals surface area contributed by atoms with E-state index >= 15 is 0 Å². The number of rotatable bonds is 7. The molecule has 0 saturated carbocycles. The number of likely N-dealkylation sites (N-methyl/N-ethyl adjacent to an activating group) is 1. The van der Waals surface area contributed by atoms with Gasteiger partial charge in [-0.15, -0.1) is 0 Å². The van der Waals surface area contributed by atoms with Crippen molar-refractivity contribution in [3.05, 3.63) is 54.4 Å². The number of aromatic nitrogens is 2. The summed E-state index contributed by atoms with van der Waals surface area (Å²) < 4.78 is 1.89. The number of aliphatic hydroxyl groups is 1. The molecule has 4 heteroatoms. The van der Waals surface area contributed by atoms with Gasteiger partial charge in [-0.05, 0) is 24.6 Å². The third-order valence-electron chi connectivity index (χ3n) is 3.44. The summed E-state index contributed by atoms with van der Waals surface area (Å²) in [5.41, 5.74) is 0.716. The predicted octanol–water partition coefficient (Wildman–Crippen LogP) is 1.77. The van der Waals surface area contributed by atoms with E-state index in [0.717, 1.165) is 25.1 Å². The maximum Gasteiger partial charge on any atom is 0.0686 e. The Hall–Kier alpha value is -1.65. The molecule has 0 spiro atoms. The van der Waals surface area contributed by atoms with Crippen molar-refractivity contribution in [2.24, 2.45) is 0 Å². The summed E-state index contributed by atoms with van der Waals surface area (Å²) >= 11 is 0. The van der Waals surface area contributed by atoms with Crippen LogP contribution in [0, 0.1) is 0 Å². The average molecular weight is 259 g/mol. The van der Waals surface area contributed by atoms with Crippen LogP contribution >= 0.6 is 0 Å². The van der Waals surface area contributed by atoms with Crippen LogP contribution in [0.5, 0.6) is 0 Å². The lowest BCUT2D eigenvalue weighted by atomic mass is 9.87. The van der Waals surface area contributed by atoms with E-state index in [4.69, 9.17) is 0 Å². The molecule has 0 aliphatic rings. The highest BCUT2D eigenvalue weighted by atomic mass is 16.3. The normalized spacial score (nSPS) is 14.2. The second kappa shape index (κ2) is 6.50. The van der Waals surface area contributed by atoms with E-state index in [9.17, 15) is 5.11 Å². The minimum absolute atomic E-state index is 0.0755. The van der Waals surface area contributed by atoms with E-state index in [2.05, 4.69) is 29.5 Å². The lowest BCUT2D eigenvalue weighted by Gasteiger charge is -2.33. The minimum Gasteiger partial charge on any atom is -0.394 e. The first kappa shape index (κ1) is 13.8. The van der Waals surface area contributed by atoms with Gasteiger partial charge in [0, 0.05) is 18.9 Å². The van der Waals surface area contributed by atoms with Crippen molar-refractivity contribution in [1.29, 1.82) is 0 Å². The molecule has 1 unspecified atom stereocenters. The van der Waals surface area contributed by atoms with E-state index < -0.39 is 5.54 Å². The summed E-state index contributed by atoms with van der Waals surface area (Å²) in [5.74, 6) is 0. The van der Waals surface area contributed by atoms with Crippen molar-refractivity contribution in [3.8, 4) is 0 Å². The van der Waals surface area contributed by atoms with Gasteiger partial charge < -0.3 is 10.4 Å². The first-order valence-electron chi connectivity index (χ1n) is 6.69. The molecular weight excluding hydrogens is 238 g/mol. The Morgan fingerprint density at radius 3 is 2.63 bits per heavy atom. The van der Waals surface area contributed by atoms with Crippen LogP contribution in [0.3, 0.4) is 0 Å². The van der Waals surface area contributed by atoms with E-state index in [1.54, 1.807) is 6.20 Å². The van der Waals surface area contributed by atoms with E-state index in [-0.39, 0.29) is 6.61 Å². The molecular formula is C15H21N3O. The van der Waals surface area contributed by atoms with Gasteiger partial charge in [-0.1, -0.05) is 37.3 Å². The molecule has 19 heavy (non-hydrogen) atoms.